The maximum Gasteiger partial charge on any atom is 0.336 e. The van der Waals surface area contributed by atoms with E-state index < -0.39 is 5.63 Å². The first kappa shape index (κ1) is 18.7. The number of thiazole rings is 1. The van der Waals surface area contributed by atoms with Crippen molar-refractivity contribution in [1.29, 1.82) is 0 Å². The summed E-state index contributed by atoms with van der Waals surface area (Å²) in [6, 6.07) is 13.2. The first-order valence-electron chi connectivity index (χ1n) is 9.30. The monoisotopic (exact) mass is 394 g/mol. The second kappa shape index (κ2) is 7.37. The summed E-state index contributed by atoms with van der Waals surface area (Å²) >= 11 is 1.69. The molecule has 0 amide bonds. The van der Waals surface area contributed by atoms with Crippen LogP contribution in [-0.2, 0) is 13.0 Å². The number of nitrogens with zero attached hydrogens (tertiary/aromatic N) is 2. The highest BCUT2D eigenvalue weighted by Gasteiger charge is 2.18. The van der Waals surface area contributed by atoms with Crippen LogP contribution >= 0.6 is 11.3 Å². The van der Waals surface area contributed by atoms with E-state index >= 15 is 0 Å². The number of hydrogen-bond donors (Lipinski definition) is 1. The molecule has 2 aromatic carbocycles. The minimum Gasteiger partial charge on any atom is -0.508 e. The lowest BCUT2D eigenvalue weighted by Gasteiger charge is -2.23. The first-order chi connectivity index (χ1) is 13.5. The van der Waals surface area contributed by atoms with Crippen molar-refractivity contribution in [3.05, 3.63) is 69.0 Å². The summed E-state index contributed by atoms with van der Waals surface area (Å²) in [7, 11) is 2.03. The van der Waals surface area contributed by atoms with Gasteiger partial charge in [-0.3, -0.25) is 4.90 Å². The van der Waals surface area contributed by atoms with Gasteiger partial charge in [0, 0.05) is 24.1 Å². The van der Waals surface area contributed by atoms with Gasteiger partial charge in [-0.15, -0.1) is 11.3 Å². The van der Waals surface area contributed by atoms with E-state index in [1.807, 2.05) is 38.2 Å². The average Bonchev–Trinajstić information content (AvgIpc) is 3.10. The quantitative estimate of drug-likeness (QED) is 0.490. The molecule has 6 heteroatoms. The molecule has 0 aliphatic rings. The van der Waals surface area contributed by atoms with Crippen LogP contribution in [0.3, 0.4) is 0 Å². The van der Waals surface area contributed by atoms with E-state index in [9.17, 15) is 9.90 Å². The maximum absolute atomic E-state index is 12.0. The van der Waals surface area contributed by atoms with Crippen molar-refractivity contribution in [2.24, 2.45) is 0 Å². The Morgan fingerprint density at radius 3 is 2.75 bits per heavy atom. The standard InChI is InChI=1S/C22H22N2O3S/c1-4-14-9-16-15(10-21(26)27-19(16)11-18(14)25)12-24(3)13(2)22-23-17-7-5-6-8-20(17)28-22/h5-11,13,25H,4,12H2,1-3H3/t13-/m0/s1. The number of aromatic hydroxyl groups is 1. The highest BCUT2D eigenvalue weighted by Crippen LogP contribution is 2.31. The summed E-state index contributed by atoms with van der Waals surface area (Å²) < 4.78 is 6.48. The summed E-state index contributed by atoms with van der Waals surface area (Å²) in [6.07, 6.45) is 0.707. The van der Waals surface area contributed by atoms with Crippen LogP contribution in [0, 0.1) is 0 Å². The predicted octanol–water partition coefficient (Wildman–Crippen LogP) is 4.86. The van der Waals surface area contributed by atoms with Gasteiger partial charge in [-0.05, 0) is 49.7 Å². The lowest BCUT2D eigenvalue weighted by atomic mass is 10.0. The number of fused-ring (bicyclic) bond motifs is 2. The molecule has 0 aliphatic heterocycles. The van der Waals surface area contributed by atoms with E-state index in [1.54, 1.807) is 17.4 Å². The van der Waals surface area contributed by atoms with Gasteiger partial charge in [-0.1, -0.05) is 19.1 Å². The highest BCUT2D eigenvalue weighted by atomic mass is 32.1. The number of aromatic nitrogens is 1. The molecule has 0 saturated heterocycles. The molecule has 0 spiro atoms. The largest absolute Gasteiger partial charge is 0.508 e. The van der Waals surface area contributed by atoms with Gasteiger partial charge in [0.25, 0.3) is 0 Å². The van der Waals surface area contributed by atoms with Crippen LogP contribution in [0.25, 0.3) is 21.2 Å². The zero-order chi connectivity index (χ0) is 19.8. The Morgan fingerprint density at radius 1 is 1.21 bits per heavy atom. The van der Waals surface area contributed by atoms with E-state index in [-0.39, 0.29) is 11.8 Å². The van der Waals surface area contributed by atoms with Crippen LogP contribution in [0.1, 0.15) is 36.0 Å². The van der Waals surface area contributed by atoms with Gasteiger partial charge in [-0.25, -0.2) is 9.78 Å². The molecule has 0 unspecified atom stereocenters. The Hall–Kier alpha value is -2.70. The van der Waals surface area contributed by atoms with Crippen LogP contribution in [0.4, 0.5) is 0 Å². The molecule has 0 aliphatic carbocycles. The van der Waals surface area contributed by atoms with Crippen LogP contribution in [0.2, 0.25) is 0 Å². The van der Waals surface area contributed by atoms with Crippen molar-refractivity contribution in [1.82, 2.24) is 9.88 Å². The average molecular weight is 394 g/mol. The zero-order valence-corrected chi connectivity index (χ0v) is 16.9. The third kappa shape index (κ3) is 3.41. The van der Waals surface area contributed by atoms with Crippen molar-refractivity contribution in [2.45, 2.75) is 32.9 Å². The summed E-state index contributed by atoms with van der Waals surface area (Å²) in [5.74, 6) is 0.159. The van der Waals surface area contributed by atoms with Crippen molar-refractivity contribution in [3.63, 3.8) is 0 Å². The molecular weight excluding hydrogens is 372 g/mol. The number of phenolic OH excluding ortho intramolecular Hbond substituents is 1. The minimum atomic E-state index is -0.410. The van der Waals surface area contributed by atoms with E-state index in [4.69, 9.17) is 9.40 Å². The summed E-state index contributed by atoms with van der Waals surface area (Å²) in [6.45, 7) is 4.68. The lowest BCUT2D eigenvalue weighted by molar-refractivity contribution is 0.253. The number of aryl methyl sites for hydroxylation is 1. The first-order valence-corrected chi connectivity index (χ1v) is 10.1. The smallest absolute Gasteiger partial charge is 0.336 e. The molecule has 2 aromatic heterocycles. The third-order valence-electron chi connectivity index (χ3n) is 5.16. The molecule has 4 aromatic rings. The number of para-hydroxylation sites is 1. The Kier molecular flexibility index (Phi) is 4.91. The molecule has 4 rings (SSSR count). The Labute approximate surface area is 166 Å². The number of rotatable bonds is 5. The number of benzene rings is 2. The maximum atomic E-state index is 12.0. The van der Waals surface area contributed by atoms with Gasteiger partial charge in [0.05, 0.1) is 16.3 Å². The molecule has 0 saturated carbocycles. The molecular formula is C22H22N2O3S. The third-order valence-corrected chi connectivity index (χ3v) is 6.37. The van der Waals surface area contributed by atoms with Gasteiger partial charge in [0.2, 0.25) is 0 Å². The molecule has 144 valence electrons. The predicted molar refractivity (Wildman–Crippen MR) is 113 cm³/mol. The minimum absolute atomic E-state index is 0.0995. The summed E-state index contributed by atoms with van der Waals surface area (Å²) in [4.78, 5) is 19.0. The Bertz CT molecular complexity index is 1180. The van der Waals surface area contributed by atoms with Crippen molar-refractivity contribution in [3.8, 4) is 5.75 Å². The molecule has 1 N–H and O–H groups in total. The summed E-state index contributed by atoms with van der Waals surface area (Å²) in [5.41, 5.74) is 2.74. The van der Waals surface area contributed by atoms with Crippen LogP contribution < -0.4 is 5.63 Å². The fourth-order valence-corrected chi connectivity index (χ4v) is 4.47. The Morgan fingerprint density at radius 2 is 2.00 bits per heavy atom. The fourth-order valence-electron chi connectivity index (χ4n) is 3.38. The SMILES string of the molecule is CCc1cc2c(CN(C)[C@@H](C)c3nc4ccccc4s3)cc(=O)oc2cc1O. The van der Waals surface area contributed by atoms with Crippen LogP contribution in [0.5, 0.6) is 5.75 Å². The van der Waals surface area contributed by atoms with Crippen molar-refractivity contribution < 1.29 is 9.52 Å². The second-order valence-corrected chi connectivity index (χ2v) is 8.09. The molecule has 0 fully saturated rings. The Balaban J connectivity index is 1.69. The van der Waals surface area contributed by atoms with E-state index in [0.29, 0.717) is 18.5 Å². The van der Waals surface area contributed by atoms with Gasteiger partial charge in [0.1, 0.15) is 16.3 Å². The normalized spacial score (nSPS) is 12.9. The fraction of sp³-hybridized carbons (Fsp3) is 0.273. The molecule has 1 atom stereocenters. The van der Waals surface area contributed by atoms with Crippen molar-refractivity contribution in [2.75, 3.05) is 7.05 Å². The van der Waals surface area contributed by atoms with Crippen molar-refractivity contribution >= 4 is 32.5 Å². The van der Waals surface area contributed by atoms with Gasteiger partial charge in [-0.2, -0.15) is 0 Å². The van der Waals surface area contributed by atoms with Crippen LogP contribution in [0.15, 0.2) is 51.7 Å². The van der Waals surface area contributed by atoms with Crippen LogP contribution in [-0.4, -0.2) is 22.0 Å². The molecule has 5 nitrogen and oxygen atoms in total. The molecule has 2 heterocycles. The van der Waals surface area contributed by atoms with E-state index in [2.05, 4.69) is 17.9 Å². The zero-order valence-electron chi connectivity index (χ0n) is 16.1. The topological polar surface area (TPSA) is 66.6 Å². The van der Waals surface area contributed by atoms with Gasteiger partial charge < -0.3 is 9.52 Å². The molecule has 0 bridgehead atoms. The van der Waals surface area contributed by atoms with E-state index in [0.717, 1.165) is 27.0 Å². The number of phenols is 1. The molecule has 0 radical (unpaired) electrons. The highest BCUT2D eigenvalue weighted by molar-refractivity contribution is 7.18. The number of hydrogen-bond acceptors (Lipinski definition) is 6. The van der Waals surface area contributed by atoms with Gasteiger partial charge >= 0.3 is 5.63 Å². The molecule has 28 heavy (non-hydrogen) atoms. The lowest BCUT2D eigenvalue weighted by Crippen LogP contribution is -2.22. The van der Waals surface area contributed by atoms with E-state index in [1.165, 1.54) is 10.8 Å². The second-order valence-electron chi connectivity index (χ2n) is 7.03. The van der Waals surface area contributed by atoms with Gasteiger partial charge in [0.15, 0.2) is 0 Å². The summed E-state index contributed by atoms with van der Waals surface area (Å²) in [5, 5.41) is 12.0.